The minimum absolute atomic E-state index is 0.107. The Labute approximate surface area is 146 Å². The molecule has 0 aliphatic heterocycles. The molecule has 0 aromatic carbocycles. The molecule has 4 nitrogen and oxygen atoms in total. The molecule has 1 spiro atoms. The van der Waals surface area contributed by atoms with Crippen molar-refractivity contribution in [2.45, 2.75) is 38.6 Å². The molecule has 2 saturated carbocycles. The van der Waals surface area contributed by atoms with E-state index in [0.717, 1.165) is 5.92 Å². The van der Waals surface area contributed by atoms with E-state index >= 15 is 0 Å². The molecule has 0 radical (unpaired) electrons. The van der Waals surface area contributed by atoms with Crippen LogP contribution in [0.5, 0.6) is 0 Å². The number of rotatable bonds is 5. The van der Waals surface area contributed by atoms with E-state index in [1.54, 1.807) is 19.9 Å². The number of nitrogens with one attached hydrogen (secondary N) is 2. The number of carbonyl (C=O) groups excluding carboxylic acids is 2. The van der Waals surface area contributed by atoms with E-state index in [0.29, 0.717) is 28.7 Å². The van der Waals surface area contributed by atoms with Crippen molar-refractivity contribution in [3.63, 3.8) is 0 Å². The molecule has 24 heavy (non-hydrogen) atoms. The molecule has 2 fully saturated rings. The van der Waals surface area contributed by atoms with E-state index in [1.807, 2.05) is 11.4 Å². The van der Waals surface area contributed by atoms with Crippen LogP contribution in [0.3, 0.4) is 0 Å². The Morgan fingerprint density at radius 1 is 1.33 bits per heavy atom. The van der Waals surface area contributed by atoms with Crippen LogP contribution in [0.4, 0.5) is 0 Å². The summed E-state index contributed by atoms with van der Waals surface area (Å²) in [7, 11) is 0. The molecule has 128 valence electrons. The van der Waals surface area contributed by atoms with Gasteiger partial charge < -0.3 is 10.6 Å². The van der Waals surface area contributed by atoms with E-state index in [9.17, 15) is 9.59 Å². The Morgan fingerprint density at radius 2 is 2.12 bits per heavy atom. The summed E-state index contributed by atoms with van der Waals surface area (Å²) in [6, 6.07) is 3.60. The molecule has 3 aliphatic rings. The maximum absolute atomic E-state index is 12.6. The van der Waals surface area contributed by atoms with Gasteiger partial charge in [-0.15, -0.1) is 11.3 Å². The van der Waals surface area contributed by atoms with E-state index in [2.05, 4.69) is 22.8 Å². The highest BCUT2D eigenvalue weighted by molar-refractivity contribution is 7.12. The maximum Gasteiger partial charge on any atom is 0.262 e. The minimum Gasteiger partial charge on any atom is -0.354 e. The van der Waals surface area contributed by atoms with Gasteiger partial charge in [0.05, 0.1) is 4.88 Å². The zero-order chi connectivity index (χ0) is 16.9. The first-order valence-electron chi connectivity index (χ1n) is 8.75. The van der Waals surface area contributed by atoms with Gasteiger partial charge in [0.1, 0.15) is 5.54 Å². The Bertz CT molecular complexity index is 688. The molecule has 1 aromatic rings. The van der Waals surface area contributed by atoms with Gasteiger partial charge in [-0.3, -0.25) is 9.59 Å². The third-order valence-electron chi connectivity index (χ3n) is 6.11. The minimum atomic E-state index is -0.911. The average molecular weight is 344 g/mol. The van der Waals surface area contributed by atoms with Gasteiger partial charge in [-0.2, -0.15) is 0 Å². The molecule has 0 unspecified atom stereocenters. The van der Waals surface area contributed by atoms with Crippen LogP contribution in [0.2, 0.25) is 0 Å². The monoisotopic (exact) mass is 344 g/mol. The van der Waals surface area contributed by atoms with Crippen LogP contribution < -0.4 is 10.6 Å². The van der Waals surface area contributed by atoms with E-state index < -0.39 is 5.54 Å². The topological polar surface area (TPSA) is 58.2 Å². The largest absolute Gasteiger partial charge is 0.354 e. The van der Waals surface area contributed by atoms with E-state index in [-0.39, 0.29) is 11.8 Å². The van der Waals surface area contributed by atoms with Crippen LogP contribution in [0.15, 0.2) is 29.7 Å². The highest BCUT2D eigenvalue weighted by Gasteiger charge is 2.62. The molecule has 3 aliphatic carbocycles. The van der Waals surface area contributed by atoms with Crippen LogP contribution in [-0.4, -0.2) is 23.9 Å². The quantitative estimate of drug-likeness (QED) is 0.807. The standard InChI is InChI=1S/C19H24N2O2S/c1-18(2,21-16(22)15-4-3-9-24-15)17(23)20-11-12-10-13-5-6-14(12)19(13)7-8-19/h3-6,9,12-14H,7-8,10-11H2,1-2H3,(H,20,23)(H,21,22)/t12-,13-,14-/m1/s1. The van der Waals surface area contributed by atoms with Crippen molar-refractivity contribution in [1.29, 1.82) is 0 Å². The fourth-order valence-corrected chi connectivity index (χ4v) is 5.23. The van der Waals surface area contributed by atoms with Gasteiger partial charge in [-0.1, -0.05) is 18.2 Å². The zero-order valence-electron chi connectivity index (χ0n) is 14.2. The fourth-order valence-electron chi connectivity index (χ4n) is 4.61. The first-order chi connectivity index (χ1) is 11.4. The first-order valence-corrected chi connectivity index (χ1v) is 9.63. The van der Waals surface area contributed by atoms with Crippen molar-refractivity contribution in [3.05, 3.63) is 34.5 Å². The van der Waals surface area contributed by atoms with Crippen molar-refractivity contribution in [2.75, 3.05) is 6.54 Å². The molecule has 1 aromatic heterocycles. The predicted octanol–water partition coefficient (Wildman–Crippen LogP) is 2.98. The van der Waals surface area contributed by atoms with Crippen molar-refractivity contribution >= 4 is 23.2 Å². The van der Waals surface area contributed by atoms with Gasteiger partial charge in [0.25, 0.3) is 5.91 Å². The van der Waals surface area contributed by atoms with Gasteiger partial charge in [-0.25, -0.2) is 0 Å². The summed E-state index contributed by atoms with van der Waals surface area (Å²) in [5.41, 5.74) is -0.357. The third kappa shape index (κ3) is 2.50. The highest BCUT2D eigenvalue weighted by atomic mass is 32.1. The molecule has 3 atom stereocenters. The molecule has 2 N–H and O–H groups in total. The van der Waals surface area contributed by atoms with Crippen LogP contribution in [-0.2, 0) is 4.79 Å². The summed E-state index contributed by atoms with van der Waals surface area (Å²) in [6.45, 7) is 4.23. The zero-order valence-corrected chi connectivity index (χ0v) is 15.0. The Balaban J connectivity index is 1.32. The summed E-state index contributed by atoms with van der Waals surface area (Å²) in [6.07, 6.45) is 8.66. The van der Waals surface area contributed by atoms with E-state index in [1.165, 1.54) is 30.6 Å². The van der Waals surface area contributed by atoms with Crippen molar-refractivity contribution in [1.82, 2.24) is 10.6 Å². The van der Waals surface area contributed by atoms with Gasteiger partial charge in [-0.05, 0) is 67.7 Å². The SMILES string of the molecule is CC(C)(NC(=O)c1cccs1)C(=O)NC[C@H]1C[C@H]2C=C[C@H]1C21CC1. The van der Waals surface area contributed by atoms with Gasteiger partial charge >= 0.3 is 0 Å². The highest BCUT2D eigenvalue weighted by Crippen LogP contribution is 2.69. The number of hydrogen-bond donors (Lipinski definition) is 2. The number of thiophene rings is 1. The predicted molar refractivity (Wildman–Crippen MR) is 94.8 cm³/mol. The average Bonchev–Trinajstić information content (AvgIpc) is 2.91. The molecule has 0 saturated heterocycles. The number of allylic oxidation sites excluding steroid dienone is 2. The second-order valence-corrected chi connectivity index (χ2v) is 8.96. The lowest BCUT2D eigenvalue weighted by atomic mass is 9.88. The molecule has 2 amide bonds. The number of carbonyl (C=O) groups is 2. The smallest absolute Gasteiger partial charge is 0.262 e. The lowest BCUT2D eigenvalue weighted by Crippen LogP contribution is -2.55. The van der Waals surface area contributed by atoms with Crippen LogP contribution in [0.25, 0.3) is 0 Å². The summed E-state index contributed by atoms with van der Waals surface area (Å²) in [5.74, 6) is 1.63. The van der Waals surface area contributed by atoms with Crippen LogP contribution in [0, 0.1) is 23.2 Å². The Kier molecular flexibility index (Phi) is 3.60. The third-order valence-corrected chi connectivity index (χ3v) is 6.98. The normalized spacial score (nSPS) is 29.0. The lowest BCUT2D eigenvalue weighted by molar-refractivity contribution is -0.126. The maximum atomic E-state index is 12.6. The van der Waals surface area contributed by atoms with Gasteiger partial charge in [0.15, 0.2) is 0 Å². The van der Waals surface area contributed by atoms with Crippen molar-refractivity contribution in [2.24, 2.45) is 23.2 Å². The molecule has 5 heteroatoms. The summed E-state index contributed by atoms with van der Waals surface area (Å²) in [5, 5.41) is 7.78. The van der Waals surface area contributed by atoms with Crippen molar-refractivity contribution < 1.29 is 9.59 Å². The summed E-state index contributed by atoms with van der Waals surface area (Å²) >= 11 is 1.38. The second-order valence-electron chi connectivity index (χ2n) is 8.01. The molecular formula is C19H24N2O2S. The first kappa shape index (κ1) is 15.9. The summed E-state index contributed by atoms with van der Waals surface area (Å²) < 4.78 is 0. The lowest BCUT2D eigenvalue weighted by Gasteiger charge is -2.27. The van der Waals surface area contributed by atoms with Crippen LogP contribution in [0.1, 0.15) is 42.8 Å². The Morgan fingerprint density at radius 3 is 2.75 bits per heavy atom. The summed E-state index contributed by atoms with van der Waals surface area (Å²) in [4.78, 5) is 25.4. The van der Waals surface area contributed by atoms with Gasteiger partial charge in [0.2, 0.25) is 5.91 Å². The number of hydrogen-bond acceptors (Lipinski definition) is 3. The van der Waals surface area contributed by atoms with Crippen molar-refractivity contribution in [3.8, 4) is 0 Å². The molecule has 2 bridgehead atoms. The molecule has 1 heterocycles. The molecular weight excluding hydrogens is 320 g/mol. The second kappa shape index (κ2) is 5.45. The Hall–Kier alpha value is -1.62. The fraction of sp³-hybridized carbons (Fsp3) is 0.579. The van der Waals surface area contributed by atoms with E-state index in [4.69, 9.17) is 0 Å². The molecule has 4 rings (SSSR count). The van der Waals surface area contributed by atoms with Gasteiger partial charge in [0, 0.05) is 6.54 Å². The number of amides is 2. The van der Waals surface area contributed by atoms with Crippen LogP contribution >= 0.6 is 11.3 Å².